The van der Waals surface area contributed by atoms with Gasteiger partial charge in [-0.3, -0.25) is 4.79 Å². The number of alkyl halides is 3. The Morgan fingerprint density at radius 1 is 1.38 bits per heavy atom. The van der Waals surface area contributed by atoms with Crippen LogP contribution < -0.4 is 5.32 Å². The van der Waals surface area contributed by atoms with Crippen LogP contribution in [0.3, 0.4) is 0 Å². The van der Waals surface area contributed by atoms with Crippen molar-refractivity contribution in [1.29, 1.82) is 0 Å². The number of halogens is 3. The topological polar surface area (TPSA) is 79.4 Å². The average Bonchev–Trinajstić information content (AvgIpc) is 3.30. The maximum Gasteiger partial charge on any atom is 0.416 e. The molecule has 1 aromatic carbocycles. The van der Waals surface area contributed by atoms with E-state index in [2.05, 4.69) is 10.3 Å². The molecule has 0 bridgehead atoms. The zero-order valence-electron chi connectivity index (χ0n) is 15.6. The molecule has 0 unspecified atom stereocenters. The van der Waals surface area contributed by atoms with Gasteiger partial charge in [-0.2, -0.15) is 17.5 Å². The number of aromatic nitrogens is 1. The number of sulfonamides is 1. The number of amides is 1. The van der Waals surface area contributed by atoms with Crippen molar-refractivity contribution in [3.63, 3.8) is 0 Å². The molecular weight excluding hydrogens is 427 g/mol. The van der Waals surface area contributed by atoms with Crippen molar-refractivity contribution < 1.29 is 26.4 Å². The predicted molar refractivity (Wildman–Crippen MR) is 102 cm³/mol. The number of aryl methyl sites for hydroxylation is 1. The summed E-state index contributed by atoms with van der Waals surface area (Å²) in [4.78, 5) is 16.4. The fraction of sp³-hybridized carbons (Fsp3) is 0.444. The van der Waals surface area contributed by atoms with Crippen molar-refractivity contribution in [3.05, 3.63) is 45.9 Å². The molecule has 1 aliphatic heterocycles. The lowest BCUT2D eigenvalue weighted by atomic mass is 10.2. The van der Waals surface area contributed by atoms with Gasteiger partial charge in [-0.1, -0.05) is 6.07 Å². The van der Waals surface area contributed by atoms with Crippen LogP contribution in [0.25, 0.3) is 0 Å². The Bertz CT molecular complexity index is 989. The molecule has 0 aliphatic carbocycles. The van der Waals surface area contributed by atoms with E-state index in [4.69, 9.17) is 0 Å². The predicted octanol–water partition coefficient (Wildman–Crippen LogP) is 2.98. The summed E-state index contributed by atoms with van der Waals surface area (Å²) in [5, 5.41) is 5.52. The minimum absolute atomic E-state index is 0.0853. The molecule has 1 fully saturated rings. The Hall–Kier alpha value is -1.98. The fourth-order valence-corrected chi connectivity index (χ4v) is 5.56. The molecule has 1 N–H and O–H groups in total. The Morgan fingerprint density at radius 2 is 2.14 bits per heavy atom. The van der Waals surface area contributed by atoms with E-state index >= 15 is 0 Å². The van der Waals surface area contributed by atoms with Crippen molar-refractivity contribution in [1.82, 2.24) is 14.6 Å². The Balaban J connectivity index is 1.71. The largest absolute Gasteiger partial charge is 0.416 e. The number of nitrogens with zero attached hydrogens (tertiary/aromatic N) is 2. The number of hydrogen-bond acceptors (Lipinski definition) is 5. The fourth-order valence-electron chi connectivity index (χ4n) is 3.21. The second kappa shape index (κ2) is 8.41. The van der Waals surface area contributed by atoms with E-state index in [1.54, 1.807) is 0 Å². The molecule has 3 rings (SSSR count). The summed E-state index contributed by atoms with van der Waals surface area (Å²) in [5.41, 5.74) is -0.204. The average molecular weight is 448 g/mol. The highest BCUT2D eigenvalue weighted by molar-refractivity contribution is 7.89. The van der Waals surface area contributed by atoms with Crippen LogP contribution in [0.5, 0.6) is 0 Å². The van der Waals surface area contributed by atoms with Crippen LogP contribution in [0.4, 0.5) is 13.2 Å². The molecule has 2 heterocycles. The number of thiazole rings is 1. The van der Waals surface area contributed by atoms with Crippen LogP contribution >= 0.6 is 11.3 Å². The maximum atomic E-state index is 12.9. The van der Waals surface area contributed by atoms with E-state index < -0.39 is 38.6 Å². The highest BCUT2D eigenvalue weighted by Crippen LogP contribution is 2.32. The van der Waals surface area contributed by atoms with E-state index in [-0.39, 0.29) is 6.54 Å². The zero-order chi connectivity index (χ0) is 21.2. The molecular formula is C18H20F3N3O3S2. The molecule has 1 amide bonds. The van der Waals surface area contributed by atoms with Crippen molar-refractivity contribution in [3.8, 4) is 0 Å². The van der Waals surface area contributed by atoms with Crippen LogP contribution in [-0.2, 0) is 27.4 Å². The number of carbonyl (C=O) groups excluding carboxylic acids is 1. The third kappa shape index (κ3) is 4.96. The summed E-state index contributed by atoms with van der Waals surface area (Å²) in [7, 11) is -4.23. The molecule has 0 saturated carbocycles. The Labute approximate surface area is 170 Å². The van der Waals surface area contributed by atoms with Gasteiger partial charge in [0.25, 0.3) is 0 Å². The standard InChI is InChI=1S/C18H20F3N3O3S2/c1-12-23-14(11-28-12)7-8-22-17(25)16-6-3-9-24(16)29(26,27)15-5-2-4-13(10-15)18(19,20)21/h2,4-5,10-11,16H,3,6-9H2,1H3,(H,22,25)/t16-/m1/s1. The quantitative estimate of drug-likeness (QED) is 0.739. The summed E-state index contributed by atoms with van der Waals surface area (Å²) >= 11 is 1.50. The molecule has 1 atom stereocenters. The van der Waals surface area contributed by atoms with E-state index in [0.29, 0.717) is 31.9 Å². The second-order valence-electron chi connectivity index (χ2n) is 6.70. The first-order chi connectivity index (χ1) is 13.6. The third-order valence-electron chi connectivity index (χ3n) is 4.62. The summed E-state index contributed by atoms with van der Waals surface area (Å²) in [5.74, 6) is -0.454. The van der Waals surface area contributed by atoms with Gasteiger partial charge >= 0.3 is 6.18 Å². The Kier molecular flexibility index (Phi) is 6.30. The normalized spacial score (nSPS) is 18.1. The molecule has 11 heteroatoms. The smallest absolute Gasteiger partial charge is 0.354 e. The molecule has 2 aromatic rings. The minimum atomic E-state index is -4.65. The van der Waals surface area contributed by atoms with Gasteiger partial charge < -0.3 is 5.32 Å². The lowest BCUT2D eigenvalue weighted by Gasteiger charge is -2.23. The Morgan fingerprint density at radius 3 is 2.79 bits per heavy atom. The summed E-state index contributed by atoms with van der Waals surface area (Å²) in [6.45, 7) is 2.26. The van der Waals surface area contributed by atoms with Crippen molar-refractivity contribution >= 4 is 27.3 Å². The molecule has 0 radical (unpaired) electrons. The third-order valence-corrected chi connectivity index (χ3v) is 7.35. The van der Waals surface area contributed by atoms with Gasteiger partial charge in [-0.05, 0) is 38.0 Å². The van der Waals surface area contributed by atoms with Gasteiger partial charge in [0.15, 0.2) is 0 Å². The number of rotatable bonds is 6. The zero-order valence-corrected chi connectivity index (χ0v) is 17.2. The molecule has 29 heavy (non-hydrogen) atoms. The number of nitrogens with one attached hydrogen (secondary N) is 1. The summed E-state index contributed by atoms with van der Waals surface area (Å²) in [6, 6.07) is 2.64. The van der Waals surface area contributed by atoms with Crippen LogP contribution in [0, 0.1) is 6.92 Å². The summed E-state index contributed by atoms with van der Waals surface area (Å²) < 4.78 is 65.6. The first kappa shape index (κ1) is 21.7. The maximum absolute atomic E-state index is 12.9. The lowest BCUT2D eigenvalue weighted by molar-refractivity contribution is -0.137. The van der Waals surface area contributed by atoms with Gasteiger partial charge in [-0.15, -0.1) is 11.3 Å². The van der Waals surface area contributed by atoms with E-state index in [9.17, 15) is 26.4 Å². The van der Waals surface area contributed by atoms with Gasteiger partial charge in [-0.25, -0.2) is 13.4 Å². The van der Waals surface area contributed by atoms with E-state index in [0.717, 1.165) is 33.2 Å². The highest BCUT2D eigenvalue weighted by atomic mass is 32.2. The molecule has 158 valence electrons. The van der Waals surface area contributed by atoms with Gasteiger partial charge in [0.2, 0.25) is 15.9 Å². The molecule has 1 aliphatic rings. The van der Waals surface area contributed by atoms with Crippen LogP contribution in [0.1, 0.15) is 29.1 Å². The van der Waals surface area contributed by atoms with Crippen molar-refractivity contribution in [2.24, 2.45) is 0 Å². The van der Waals surface area contributed by atoms with Gasteiger partial charge in [0, 0.05) is 24.9 Å². The molecule has 0 spiro atoms. The SMILES string of the molecule is Cc1nc(CCNC(=O)[C@H]2CCCN2S(=O)(=O)c2cccc(C(F)(F)F)c2)cs1. The van der Waals surface area contributed by atoms with Crippen molar-refractivity contribution in [2.45, 2.75) is 43.3 Å². The van der Waals surface area contributed by atoms with Crippen LogP contribution in [0.15, 0.2) is 34.5 Å². The highest BCUT2D eigenvalue weighted by Gasteiger charge is 2.40. The molecule has 6 nitrogen and oxygen atoms in total. The monoisotopic (exact) mass is 447 g/mol. The summed E-state index contributed by atoms with van der Waals surface area (Å²) in [6.07, 6.45) is -3.36. The van der Waals surface area contributed by atoms with Crippen LogP contribution in [0.2, 0.25) is 0 Å². The van der Waals surface area contributed by atoms with E-state index in [1.807, 2.05) is 12.3 Å². The van der Waals surface area contributed by atoms with Crippen molar-refractivity contribution in [2.75, 3.05) is 13.1 Å². The molecule has 1 saturated heterocycles. The lowest BCUT2D eigenvalue weighted by Crippen LogP contribution is -2.46. The van der Waals surface area contributed by atoms with E-state index in [1.165, 1.54) is 11.3 Å². The minimum Gasteiger partial charge on any atom is -0.354 e. The number of benzene rings is 1. The number of hydrogen-bond donors (Lipinski definition) is 1. The van der Waals surface area contributed by atoms with Gasteiger partial charge in [0.05, 0.1) is 21.2 Å². The van der Waals surface area contributed by atoms with Gasteiger partial charge in [0.1, 0.15) is 6.04 Å². The first-order valence-electron chi connectivity index (χ1n) is 8.97. The number of carbonyl (C=O) groups is 1. The second-order valence-corrected chi connectivity index (χ2v) is 9.65. The first-order valence-corrected chi connectivity index (χ1v) is 11.3. The van der Waals surface area contributed by atoms with Crippen LogP contribution in [-0.4, -0.2) is 42.7 Å². The molecule has 1 aromatic heterocycles.